The smallest absolute Gasteiger partial charge is 0.191 e. The number of H-pyrrole nitrogens is 1. The van der Waals surface area contributed by atoms with Crippen LogP contribution in [-0.4, -0.2) is 20.7 Å². The molecular formula is C11H11NO3S. The normalized spacial score (nSPS) is 12.6. The Hall–Kier alpha value is -1.62. The number of aryl methyl sites for hydroxylation is 1. The first kappa shape index (κ1) is 10.9. The molecule has 0 saturated carbocycles. The minimum atomic E-state index is -1.34. The van der Waals surface area contributed by atoms with Gasteiger partial charge in [-0.3, -0.25) is 9.00 Å². The van der Waals surface area contributed by atoms with Gasteiger partial charge in [0.25, 0.3) is 0 Å². The summed E-state index contributed by atoms with van der Waals surface area (Å²) in [5.41, 5.74) is 0.481. The van der Waals surface area contributed by atoms with Crippen molar-refractivity contribution >= 4 is 16.6 Å². The van der Waals surface area contributed by atoms with Gasteiger partial charge in [-0.05, 0) is 25.1 Å². The van der Waals surface area contributed by atoms with E-state index in [0.29, 0.717) is 16.3 Å². The van der Waals surface area contributed by atoms with E-state index < -0.39 is 10.8 Å². The molecule has 5 heteroatoms. The second-order valence-electron chi connectivity index (χ2n) is 3.34. The third kappa shape index (κ3) is 2.14. The predicted molar refractivity (Wildman–Crippen MR) is 59.8 cm³/mol. The van der Waals surface area contributed by atoms with Crippen LogP contribution in [0.5, 0.6) is 0 Å². The van der Waals surface area contributed by atoms with Crippen LogP contribution in [0.1, 0.15) is 16.2 Å². The zero-order chi connectivity index (χ0) is 11.5. The van der Waals surface area contributed by atoms with Gasteiger partial charge in [0.15, 0.2) is 5.78 Å². The first-order valence-corrected chi connectivity index (χ1v) is 6.09. The van der Waals surface area contributed by atoms with Crippen molar-refractivity contribution < 1.29 is 13.4 Å². The molecule has 84 valence electrons. The third-order valence-electron chi connectivity index (χ3n) is 2.22. The first-order valence-electron chi connectivity index (χ1n) is 4.77. The molecule has 0 radical (unpaired) electrons. The molecule has 0 aromatic carbocycles. The minimum Gasteiger partial charge on any atom is -0.468 e. The summed E-state index contributed by atoms with van der Waals surface area (Å²) in [6, 6.07) is 5.04. The number of aromatic nitrogens is 1. The Morgan fingerprint density at radius 1 is 1.50 bits per heavy atom. The van der Waals surface area contributed by atoms with Gasteiger partial charge >= 0.3 is 0 Å². The second kappa shape index (κ2) is 4.49. The van der Waals surface area contributed by atoms with E-state index in [4.69, 9.17) is 4.42 Å². The van der Waals surface area contributed by atoms with Crippen LogP contribution in [0.15, 0.2) is 40.0 Å². The highest BCUT2D eigenvalue weighted by atomic mass is 32.2. The Labute approximate surface area is 95.1 Å². The number of rotatable bonds is 4. The molecular weight excluding hydrogens is 226 g/mol. The van der Waals surface area contributed by atoms with Crippen molar-refractivity contribution in [2.75, 3.05) is 5.75 Å². The van der Waals surface area contributed by atoms with Crippen LogP contribution < -0.4 is 0 Å². The van der Waals surface area contributed by atoms with E-state index in [1.54, 1.807) is 31.3 Å². The van der Waals surface area contributed by atoms with Crippen molar-refractivity contribution in [3.05, 3.63) is 42.1 Å². The van der Waals surface area contributed by atoms with E-state index in [2.05, 4.69) is 4.98 Å². The summed E-state index contributed by atoms with van der Waals surface area (Å²) in [4.78, 5) is 15.0. The average Bonchev–Trinajstić information content (AvgIpc) is 2.86. The van der Waals surface area contributed by atoms with Crippen molar-refractivity contribution in [1.29, 1.82) is 0 Å². The standard InChI is InChI=1S/C11H11NO3S/c1-8-11(4-6-15-8)16(14)7-10(13)9-3-2-5-12-9/h2-6,12H,7H2,1H3/t16-/m0/s1. The molecule has 2 heterocycles. The topological polar surface area (TPSA) is 63.1 Å². The summed E-state index contributed by atoms with van der Waals surface area (Å²) < 4.78 is 16.9. The zero-order valence-electron chi connectivity index (χ0n) is 8.73. The fourth-order valence-electron chi connectivity index (χ4n) is 1.39. The van der Waals surface area contributed by atoms with Crippen molar-refractivity contribution in [3.63, 3.8) is 0 Å². The van der Waals surface area contributed by atoms with E-state index in [9.17, 15) is 9.00 Å². The Kier molecular flexibility index (Phi) is 3.05. The Balaban J connectivity index is 2.09. The lowest BCUT2D eigenvalue weighted by Crippen LogP contribution is -2.11. The summed E-state index contributed by atoms with van der Waals surface area (Å²) >= 11 is 0. The summed E-state index contributed by atoms with van der Waals surface area (Å²) in [6.07, 6.45) is 3.14. The number of hydrogen-bond acceptors (Lipinski definition) is 3. The Morgan fingerprint density at radius 2 is 2.31 bits per heavy atom. The van der Waals surface area contributed by atoms with Gasteiger partial charge in [0.05, 0.1) is 33.4 Å². The van der Waals surface area contributed by atoms with Crippen LogP contribution in [0.4, 0.5) is 0 Å². The number of carbonyl (C=O) groups excluding carboxylic acids is 1. The Morgan fingerprint density at radius 3 is 2.88 bits per heavy atom. The average molecular weight is 237 g/mol. The minimum absolute atomic E-state index is 0.0269. The van der Waals surface area contributed by atoms with E-state index in [-0.39, 0.29) is 11.5 Å². The van der Waals surface area contributed by atoms with E-state index in [0.717, 1.165) is 0 Å². The molecule has 0 unspecified atom stereocenters. The van der Waals surface area contributed by atoms with E-state index in [1.165, 1.54) is 6.26 Å². The molecule has 2 aromatic rings. The van der Waals surface area contributed by atoms with Crippen LogP contribution in [0, 0.1) is 6.92 Å². The van der Waals surface area contributed by atoms with Crippen LogP contribution >= 0.6 is 0 Å². The van der Waals surface area contributed by atoms with Gasteiger partial charge in [0.1, 0.15) is 5.76 Å². The number of nitrogens with one attached hydrogen (secondary N) is 1. The fraction of sp³-hybridized carbons (Fsp3) is 0.182. The highest BCUT2D eigenvalue weighted by molar-refractivity contribution is 7.85. The van der Waals surface area contributed by atoms with Crippen molar-refractivity contribution in [1.82, 2.24) is 4.98 Å². The zero-order valence-corrected chi connectivity index (χ0v) is 9.54. The predicted octanol–water partition coefficient (Wildman–Crippen LogP) is 1.91. The van der Waals surface area contributed by atoms with Gasteiger partial charge in [0.2, 0.25) is 0 Å². The molecule has 2 rings (SSSR count). The van der Waals surface area contributed by atoms with Crippen LogP contribution in [0.3, 0.4) is 0 Å². The molecule has 4 nitrogen and oxygen atoms in total. The maximum atomic E-state index is 11.8. The van der Waals surface area contributed by atoms with Crippen LogP contribution in [0.25, 0.3) is 0 Å². The van der Waals surface area contributed by atoms with Gasteiger partial charge in [-0.1, -0.05) is 0 Å². The van der Waals surface area contributed by atoms with Gasteiger partial charge in [-0.15, -0.1) is 0 Å². The van der Waals surface area contributed by atoms with Gasteiger partial charge in [-0.2, -0.15) is 0 Å². The highest BCUT2D eigenvalue weighted by Gasteiger charge is 2.15. The number of ketones is 1. The lowest BCUT2D eigenvalue weighted by atomic mass is 10.3. The molecule has 0 aliphatic rings. The van der Waals surface area contributed by atoms with Crippen LogP contribution in [0.2, 0.25) is 0 Å². The molecule has 1 atom stereocenters. The quantitative estimate of drug-likeness (QED) is 0.826. The highest BCUT2D eigenvalue weighted by Crippen LogP contribution is 2.14. The summed E-state index contributed by atoms with van der Waals surface area (Å²) in [5, 5.41) is 0. The third-order valence-corrected chi connectivity index (χ3v) is 3.66. The summed E-state index contributed by atoms with van der Waals surface area (Å²) in [7, 11) is -1.34. The molecule has 0 saturated heterocycles. The number of hydrogen-bond donors (Lipinski definition) is 1. The molecule has 0 bridgehead atoms. The maximum absolute atomic E-state index is 11.8. The largest absolute Gasteiger partial charge is 0.468 e. The van der Waals surface area contributed by atoms with Crippen molar-refractivity contribution in [3.8, 4) is 0 Å². The molecule has 16 heavy (non-hydrogen) atoms. The van der Waals surface area contributed by atoms with Crippen molar-refractivity contribution in [2.24, 2.45) is 0 Å². The van der Waals surface area contributed by atoms with Gasteiger partial charge in [-0.25, -0.2) is 0 Å². The van der Waals surface area contributed by atoms with Gasteiger partial charge in [0, 0.05) is 6.20 Å². The number of carbonyl (C=O) groups is 1. The molecule has 0 aliphatic carbocycles. The van der Waals surface area contributed by atoms with Gasteiger partial charge < -0.3 is 9.40 Å². The fourth-order valence-corrected chi connectivity index (χ4v) is 2.51. The Bertz CT molecular complexity index is 513. The molecule has 0 spiro atoms. The molecule has 2 aromatic heterocycles. The second-order valence-corrected chi connectivity index (χ2v) is 4.76. The summed E-state index contributed by atoms with van der Waals surface area (Å²) in [5.74, 6) is 0.405. The van der Waals surface area contributed by atoms with Crippen LogP contribution in [-0.2, 0) is 10.8 Å². The lowest BCUT2D eigenvalue weighted by Gasteiger charge is -1.98. The lowest BCUT2D eigenvalue weighted by molar-refractivity contribution is 0.101. The molecule has 0 amide bonds. The van der Waals surface area contributed by atoms with E-state index in [1.807, 2.05) is 0 Å². The number of furan rings is 1. The van der Waals surface area contributed by atoms with Crippen molar-refractivity contribution in [2.45, 2.75) is 11.8 Å². The molecule has 0 fully saturated rings. The first-order chi connectivity index (χ1) is 7.68. The SMILES string of the molecule is Cc1occc1[S@@](=O)CC(=O)c1ccc[nH]1. The molecule has 1 N–H and O–H groups in total. The number of aromatic amines is 1. The monoisotopic (exact) mass is 237 g/mol. The molecule has 0 aliphatic heterocycles. The summed E-state index contributed by atoms with van der Waals surface area (Å²) in [6.45, 7) is 1.73. The maximum Gasteiger partial charge on any atom is 0.191 e. The number of Topliss-reactive ketones (excluding diaryl/α,β-unsaturated/α-hetero) is 1. The van der Waals surface area contributed by atoms with E-state index >= 15 is 0 Å².